The van der Waals surface area contributed by atoms with Crippen LogP contribution in [0.2, 0.25) is 0 Å². The van der Waals surface area contributed by atoms with Gasteiger partial charge in [-0.15, -0.1) is 11.3 Å². The van der Waals surface area contributed by atoms with Gasteiger partial charge in [-0.05, 0) is 51.6 Å². The zero-order chi connectivity index (χ0) is 21.4. The molecule has 0 amide bonds. The number of anilines is 1. The van der Waals surface area contributed by atoms with E-state index in [1.807, 2.05) is 0 Å². The standard InChI is InChI=1S/C23H35N5O2S/c1-16-17(2)31-23-21(16)22(24-20(25-23)14-26-9-11-30-12-10-26)28-8-4-5-18(28)13-27-7-3-6-19(27)15-29/h18-19,29H,3-15H2,1-2H3/t18-,19-/m1/s1. The quantitative estimate of drug-likeness (QED) is 0.733. The van der Waals surface area contributed by atoms with Crippen molar-refractivity contribution in [3.8, 4) is 0 Å². The monoisotopic (exact) mass is 445 g/mol. The van der Waals surface area contributed by atoms with Gasteiger partial charge in [-0.25, -0.2) is 9.97 Å². The van der Waals surface area contributed by atoms with Crippen molar-refractivity contribution in [1.82, 2.24) is 19.8 Å². The van der Waals surface area contributed by atoms with Gasteiger partial charge in [0.25, 0.3) is 0 Å². The lowest BCUT2D eigenvalue weighted by atomic mass is 10.1. The van der Waals surface area contributed by atoms with Crippen LogP contribution in [0.3, 0.4) is 0 Å². The Bertz CT molecular complexity index is 913. The molecule has 7 nitrogen and oxygen atoms in total. The molecule has 3 aliphatic heterocycles. The molecule has 31 heavy (non-hydrogen) atoms. The third kappa shape index (κ3) is 4.33. The van der Waals surface area contributed by atoms with Gasteiger partial charge in [-0.1, -0.05) is 0 Å². The number of rotatable bonds is 6. The summed E-state index contributed by atoms with van der Waals surface area (Å²) in [5.41, 5.74) is 1.33. The van der Waals surface area contributed by atoms with Gasteiger partial charge >= 0.3 is 0 Å². The molecule has 3 saturated heterocycles. The smallest absolute Gasteiger partial charge is 0.146 e. The van der Waals surface area contributed by atoms with Gasteiger partial charge in [-0.3, -0.25) is 9.80 Å². The Balaban J connectivity index is 1.46. The molecule has 8 heteroatoms. The van der Waals surface area contributed by atoms with E-state index in [1.165, 1.54) is 35.1 Å². The van der Waals surface area contributed by atoms with Crippen molar-refractivity contribution in [2.75, 3.05) is 57.4 Å². The second-order valence-corrected chi connectivity index (χ2v) is 10.5. The topological polar surface area (TPSA) is 65.0 Å². The lowest BCUT2D eigenvalue weighted by Crippen LogP contribution is -2.44. The van der Waals surface area contributed by atoms with Crippen LogP contribution < -0.4 is 4.90 Å². The van der Waals surface area contributed by atoms with Crippen molar-refractivity contribution in [3.05, 3.63) is 16.3 Å². The van der Waals surface area contributed by atoms with E-state index in [0.29, 0.717) is 12.1 Å². The maximum absolute atomic E-state index is 9.78. The van der Waals surface area contributed by atoms with Gasteiger partial charge < -0.3 is 14.7 Å². The van der Waals surface area contributed by atoms with E-state index in [9.17, 15) is 5.11 Å². The van der Waals surface area contributed by atoms with E-state index in [0.717, 1.165) is 75.4 Å². The van der Waals surface area contributed by atoms with Crippen LogP contribution in [0.1, 0.15) is 41.9 Å². The molecule has 0 radical (unpaired) electrons. The zero-order valence-electron chi connectivity index (χ0n) is 18.8. The summed E-state index contributed by atoms with van der Waals surface area (Å²) in [6, 6.07) is 0.788. The first-order chi connectivity index (χ1) is 15.1. The fourth-order valence-electron chi connectivity index (χ4n) is 5.43. The van der Waals surface area contributed by atoms with Crippen molar-refractivity contribution in [2.45, 2.75) is 58.2 Å². The Hall–Kier alpha value is -1.32. The normalized spacial score (nSPS) is 25.8. The van der Waals surface area contributed by atoms with Crippen LogP contribution in [-0.2, 0) is 11.3 Å². The Morgan fingerprint density at radius 1 is 1.03 bits per heavy atom. The van der Waals surface area contributed by atoms with Gasteiger partial charge in [0.2, 0.25) is 0 Å². The zero-order valence-corrected chi connectivity index (χ0v) is 19.7. The number of thiophene rings is 1. The van der Waals surface area contributed by atoms with Crippen LogP contribution in [0.15, 0.2) is 0 Å². The highest BCUT2D eigenvalue weighted by atomic mass is 32.1. The molecule has 0 bridgehead atoms. The number of ether oxygens (including phenoxy) is 1. The number of hydrogen-bond donors (Lipinski definition) is 1. The molecular weight excluding hydrogens is 410 g/mol. The van der Waals surface area contributed by atoms with Crippen molar-refractivity contribution >= 4 is 27.4 Å². The summed E-state index contributed by atoms with van der Waals surface area (Å²) in [6.07, 6.45) is 4.71. The maximum Gasteiger partial charge on any atom is 0.146 e. The predicted molar refractivity (Wildman–Crippen MR) is 125 cm³/mol. The molecular formula is C23H35N5O2S. The van der Waals surface area contributed by atoms with Crippen LogP contribution in [0, 0.1) is 13.8 Å². The number of fused-ring (bicyclic) bond motifs is 1. The molecule has 2 aromatic heterocycles. The van der Waals surface area contributed by atoms with Crippen LogP contribution in [0.25, 0.3) is 10.2 Å². The number of nitrogens with zero attached hydrogens (tertiary/aromatic N) is 5. The minimum Gasteiger partial charge on any atom is -0.395 e. The Morgan fingerprint density at radius 3 is 2.61 bits per heavy atom. The first-order valence-electron chi connectivity index (χ1n) is 11.8. The van der Waals surface area contributed by atoms with Gasteiger partial charge in [0.15, 0.2) is 0 Å². The molecule has 5 rings (SSSR count). The number of hydrogen-bond acceptors (Lipinski definition) is 8. The van der Waals surface area contributed by atoms with Gasteiger partial charge in [0.05, 0.1) is 31.8 Å². The average Bonchev–Trinajstić information content (AvgIpc) is 3.49. The van der Waals surface area contributed by atoms with E-state index in [4.69, 9.17) is 14.7 Å². The van der Waals surface area contributed by atoms with Gasteiger partial charge in [0, 0.05) is 43.1 Å². The third-order valence-electron chi connectivity index (χ3n) is 7.33. The first-order valence-corrected chi connectivity index (χ1v) is 12.6. The molecule has 170 valence electrons. The number of likely N-dealkylation sites (tertiary alicyclic amines) is 1. The highest BCUT2D eigenvalue weighted by molar-refractivity contribution is 7.18. The first kappa shape index (κ1) is 21.5. The molecule has 5 heterocycles. The largest absolute Gasteiger partial charge is 0.395 e. The van der Waals surface area contributed by atoms with Gasteiger partial charge in [0.1, 0.15) is 16.5 Å². The highest BCUT2D eigenvalue weighted by Crippen LogP contribution is 2.38. The van der Waals surface area contributed by atoms with Crippen molar-refractivity contribution in [1.29, 1.82) is 0 Å². The summed E-state index contributed by atoms with van der Waals surface area (Å²) < 4.78 is 5.52. The molecule has 1 N–H and O–H groups in total. The summed E-state index contributed by atoms with van der Waals surface area (Å²) in [5, 5.41) is 11.0. The molecule has 3 aliphatic rings. The van der Waals surface area contributed by atoms with Crippen LogP contribution >= 0.6 is 11.3 Å². The molecule has 0 unspecified atom stereocenters. The lowest BCUT2D eigenvalue weighted by molar-refractivity contribution is 0.0331. The Kier molecular flexibility index (Phi) is 6.44. The minimum atomic E-state index is 0.275. The molecule has 2 aromatic rings. The van der Waals surface area contributed by atoms with Gasteiger partial charge in [-0.2, -0.15) is 0 Å². The number of aliphatic hydroxyl groups excluding tert-OH is 1. The molecule has 3 fully saturated rings. The van der Waals surface area contributed by atoms with E-state index in [2.05, 4.69) is 28.5 Å². The SMILES string of the molecule is Cc1sc2nc(CN3CCOCC3)nc(N3CCC[C@@H]3CN3CCC[C@@H]3CO)c2c1C. The summed E-state index contributed by atoms with van der Waals surface area (Å²) in [5.74, 6) is 2.07. The average molecular weight is 446 g/mol. The van der Waals surface area contributed by atoms with Crippen LogP contribution in [0.4, 0.5) is 5.82 Å². The minimum absolute atomic E-state index is 0.275. The predicted octanol–water partition coefficient (Wildman–Crippen LogP) is 2.57. The summed E-state index contributed by atoms with van der Waals surface area (Å²) in [6.45, 7) is 12.2. The van der Waals surface area contributed by atoms with E-state index < -0.39 is 0 Å². The molecule has 0 saturated carbocycles. The maximum atomic E-state index is 9.78. The molecule has 0 aliphatic carbocycles. The van der Waals surface area contributed by atoms with E-state index in [1.54, 1.807) is 11.3 Å². The van der Waals surface area contributed by atoms with Crippen molar-refractivity contribution < 1.29 is 9.84 Å². The Morgan fingerprint density at radius 2 is 1.81 bits per heavy atom. The second-order valence-electron chi connectivity index (χ2n) is 9.28. The number of aliphatic hydroxyl groups is 1. The molecule has 2 atom stereocenters. The molecule has 0 aromatic carbocycles. The number of aryl methyl sites for hydroxylation is 2. The summed E-state index contributed by atoms with van der Waals surface area (Å²) >= 11 is 1.80. The summed E-state index contributed by atoms with van der Waals surface area (Å²) in [4.78, 5) is 20.1. The Labute approximate surface area is 189 Å². The fourth-order valence-corrected chi connectivity index (χ4v) is 6.47. The van der Waals surface area contributed by atoms with Crippen molar-refractivity contribution in [2.24, 2.45) is 0 Å². The second kappa shape index (κ2) is 9.27. The number of morpholine rings is 1. The molecule has 0 spiro atoms. The number of aromatic nitrogens is 2. The highest BCUT2D eigenvalue weighted by Gasteiger charge is 2.33. The van der Waals surface area contributed by atoms with Crippen molar-refractivity contribution in [3.63, 3.8) is 0 Å². The fraction of sp³-hybridized carbons (Fsp3) is 0.739. The lowest BCUT2D eigenvalue weighted by Gasteiger charge is -2.32. The van der Waals surface area contributed by atoms with Crippen LogP contribution in [-0.4, -0.2) is 89.5 Å². The third-order valence-corrected chi connectivity index (χ3v) is 8.43. The summed E-state index contributed by atoms with van der Waals surface area (Å²) in [7, 11) is 0. The van der Waals surface area contributed by atoms with E-state index in [-0.39, 0.29) is 6.61 Å². The van der Waals surface area contributed by atoms with Crippen LogP contribution in [0.5, 0.6) is 0 Å². The van der Waals surface area contributed by atoms with E-state index >= 15 is 0 Å².